The summed E-state index contributed by atoms with van der Waals surface area (Å²) in [6, 6.07) is 0.0495. The van der Waals surface area contributed by atoms with Crippen LogP contribution < -0.4 is 10.2 Å². The summed E-state index contributed by atoms with van der Waals surface area (Å²) in [7, 11) is 0. The first-order valence-electron chi connectivity index (χ1n) is 6.55. The Hall–Kier alpha value is -1.01. The lowest BCUT2D eigenvalue weighted by molar-refractivity contribution is 0.0188. The van der Waals surface area contributed by atoms with Gasteiger partial charge in [0.05, 0.1) is 21.2 Å². The number of nitrogens with zero attached hydrogens (tertiary/aromatic N) is 2. The number of halogens is 2. The Labute approximate surface area is 130 Å². The van der Waals surface area contributed by atoms with Crippen molar-refractivity contribution in [3.8, 4) is 0 Å². The summed E-state index contributed by atoms with van der Waals surface area (Å²) in [5.41, 5.74) is 0.584. The lowest BCUT2D eigenvalue weighted by Crippen LogP contribution is -2.51. The fraction of sp³-hybridized carbons (Fsp3) is 0.538. The molecule has 2 saturated heterocycles. The van der Waals surface area contributed by atoms with Gasteiger partial charge in [-0.1, -0.05) is 11.6 Å². The average molecular weight is 361 g/mol. The summed E-state index contributed by atoms with van der Waals surface area (Å²) in [4.78, 5) is 17.7. The Bertz CT molecular complexity index is 526. The average Bonchev–Trinajstić information content (AvgIpc) is 2.66. The zero-order valence-electron chi connectivity index (χ0n) is 11.0. The van der Waals surface area contributed by atoms with E-state index in [4.69, 9.17) is 16.3 Å². The van der Waals surface area contributed by atoms with Crippen LogP contribution in [-0.2, 0) is 4.74 Å². The van der Waals surface area contributed by atoms with Crippen LogP contribution in [0.25, 0.3) is 0 Å². The number of carbonyl (C=O) groups is 1. The third-order valence-corrected chi connectivity index (χ3v) is 5.03. The molecular formula is C13H15BrClN3O2. The second-order valence-electron chi connectivity index (χ2n) is 5.26. The number of amides is 1. The van der Waals surface area contributed by atoms with Gasteiger partial charge in [-0.15, -0.1) is 0 Å². The van der Waals surface area contributed by atoms with Crippen LogP contribution in [0, 0.1) is 0 Å². The number of piperidine rings is 1. The summed E-state index contributed by atoms with van der Waals surface area (Å²) in [5, 5.41) is 3.46. The predicted molar refractivity (Wildman–Crippen MR) is 80.2 cm³/mol. The molecule has 1 aromatic rings. The fourth-order valence-corrected chi connectivity index (χ4v) is 3.94. The maximum absolute atomic E-state index is 11.4. The number of rotatable bonds is 1. The van der Waals surface area contributed by atoms with E-state index in [1.807, 2.05) is 6.92 Å². The lowest BCUT2D eigenvalue weighted by atomic mass is 9.85. The number of aromatic nitrogens is 1. The highest BCUT2D eigenvalue weighted by Crippen LogP contribution is 2.39. The van der Waals surface area contributed by atoms with Gasteiger partial charge in [-0.2, -0.15) is 0 Å². The third kappa shape index (κ3) is 2.24. The summed E-state index contributed by atoms with van der Waals surface area (Å²) in [6.07, 6.45) is 4.65. The molecule has 3 rings (SSSR count). The molecule has 1 amide bonds. The standard InChI is InChI=1S/C13H15BrClN3O2/c1-8-13(20-12(19)17-8)2-4-18(5-3-13)11-9(14)6-16-7-10(11)15/h6-8H,2-5H2,1H3,(H,17,19)/t8-/m1/s1. The number of carbonyl (C=O) groups excluding carboxylic acids is 1. The summed E-state index contributed by atoms with van der Waals surface area (Å²) < 4.78 is 6.40. The largest absolute Gasteiger partial charge is 0.441 e. The molecule has 0 radical (unpaired) electrons. The number of ether oxygens (including phenoxy) is 1. The first-order chi connectivity index (χ1) is 9.52. The highest BCUT2D eigenvalue weighted by Gasteiger charge is 2.48. The molecule has 3 heterocycles. The third-order valence-electron chi connectivity index (χ3n) is 4.17. The van der Waals surface area contributed by atoms with Gasteiger partial charge in [-0.3, -0.25) is 4.98 Å². The van der Waals surface area contributed by atoms with E-state index in [2.05, 4.69) is 31.1 Å². The van der Waals surface area contributed by atoms with Gasteiger partial charge in [0, 0.05) is 38.3 Å². The molecule has 1 N–H and O–H groups in total. The normalized spacial score (nSPS) is 24.6. The monoisotopic (exact) mass is 359 g/mol. The van der Waals surface area contributed by atoms with Crippen LogP contribution in [0.1, 0.15) is 19.8 Å². The van der Waals surface area contributed by atoms with Crippen LogP contribution in [-0.4, -0.2) is 35.8 Å². The van der Waals surface area contributed by atoms with Crippen molar-refractivity contribution in [1.82, 2.24) is 10.3 Å². The molecule has 5 nitrogen and oxygen atoms in total. The molecule has 0 unspecified atom stereocenters. The highest BCUT2D eigenvalue weighted by atomic mass is 79.9. The van der Waals surface area contributed by atoms with E-state index < -0.39 is 0 Å². The van der Waals surface area contributed by atoms with Crippen LogP contribution in [0.5, 0.6) is 0 Å². The van der Waals surface area contributed by atoms with Gasteiger partial charge in [0.15, 0.2) is 0 Å². The second-order valence-corrected chi connectivity index (χ2v) is 6.52. The fourth-order valence-electron chi connectivity index (χ4n) is 2.96. The SMILES string of the molecule is C[C@H]1NC(=O)OC12CCN(c1c(Cl)cncc1Br)CC2. The molecule has 0 aromatic carbocycles. The second kappa shape index (κ2) is 5.07. The maximum Gasteiger partial charge on any atom is 0.408 e. The van der Waals surface area contributed by atoms with E-state index in [0.717, 1.165) is 36.1 Å². The minimum atomic E-state index is -0.375. The molecule has 1 spiro atoms. The van der Waals surface area contributed by atoms with E-state index in [0.29, 0.717) is 5.02 Å². The minimum absolute atomic E-state index is 0.0495. The molecule has 108 valence electrons. The number of hydrogen-bond donors (Lipinski definition) is 1. The van der Waals surface area contributed by atoms with Crippen molar-refractivity contribution in [3.63, 3.8) is 0 Å². The van der Waals surface area contributed by atoms with E-state index in [-0.39, 0.29) is 17.7 Å². The van der Waals surface area contributed by atoms with Crippen molar-refractivity contribution in [3.05, 3.63) is 21.9 Å². The van der Waals surface area contributed by atoms with Gasteiger partial charge in [-0.05, 0) is 22.9 Å². The van der Waals surface area contributed by atoms with Gasteiger partial charge in [0.25, 0.3) is 0 Å². The molecule has 0 bridgehead atoms. The molecule has 2 aliphatic rings. The summed E-state index contributed by atoms with van der Waals surface area (Å²) in [6.45, 7) is 3.58. The first-order valence-corrected chi connectivity index (χ1v) is 7.72. The lowest BCUT2D eigenvalue weighted by Gasteiger charge is -2.41. The number of anilines is 1. The Morgan fingerprint density at radius 2 is 2.20 bits per heavy atom. The highest BCUT2D eigenvalue weighted by molar-refractivity contribution is 9.10. The number of hydrogen-bond acceptors (Lipinski definition) is 4. The van der Waals surface area contributed by atoms with Crippen molar-refractivity contribution in [1.29, 1.82) is 0 Å². The number of nitrogens with one attached hydrogen (secondary N) is 1. The first kappa shape index (κ1) is 13.9. The van der Waals surface area contributed by atoms with Gasteiger partial charge in [0.1, 0.15) is 5.60 Å². The van der Waals surface area contributed by atoms with Crippen molar-refractivity contribution in [2.75, 3.05) is 18.0 Å². The molecule has 1 atom stereocenters. The Morgan fingerprint density at radius 3 is 2.75 bits per heavy atom. The molecule has 1 aromatic heterocycles. The van der Waals surface area contributed by atoms with E-state index in [1.165, 1.54) is 0 Å². The van der Waals surface area contributed by atoms with E-state index in [1.54, 1.807) is 12.4 Å². The molecule has 2 fully saturated rings. The minimum Gasteiger partial charge on any atom is -0.441 e. The van der Waals surface area contributed by atoms with Crippen molar-refractivity contribution in [2.24, 2.45) is 0 Å². The van der Waals surface area contributed by atoms with Gasteiger partial charge < -0.3 is 15.0 Å². The Morgan fingerprint density at radius 1 is 1.50 bits per heavy atom. The topological polar surface area (TPSA) is 54.5 Å². The molecule has 0 saturated carbocycles. The van der Waals surface area contributed by atoms with Crippen LogP contribution in [0.3, 0.4) is 0 Å². The zero-order chi connectivity index (χ0) is 14.3. The van der Waals surface area contributed by atoms with Crippen molar-refractivity contribution >= 4 is 39.3 Å². The quantitative estimate of drug-likeness (QED) is 0.836. The molecule has 0 aliphatic carbocycles. The van der Waals surface area contributed by atoms with Crippen molar-refractivity contribution < 1.29 is 9.53 Å². The van der Waals surface area contributed by atoms with Crippen LogP contribution in [0.4, 0.5) is 10.5 Å². The number of pyridine rings is 1. The van der Waals surface area contributed by atoms with Crippen LogP contribution in [0.15, 0.2) is 16.9 Å². The summed E-state index contributed by atoms with van der Waals surface area (Å²) in [5.74, 6) is 0. The smallest absolute Gasteiger partial charge is 0.408 e. The maximum atomic E-state index is 11.4. The molecule has 2 aliphatic heterocycles. The van der Waals surface area contributed by atoms with E-state index in [9.17, 15) is 4.79 Å². The Kier molecular flexibility index (Phi) is 3.54. The predicted octanol–water partition coefficient (Wildman–Crippen LogP) is 2.96. The van der Waals surface area contributed by atoms with Crippen molar-refractivity contribution in [2.45, 2.75) is 31.4 Å². The molecular weight excluding hydrogens is 346 g/mol. The number of alkyl carbamates (subject to hydrolysis) is 1. The van der Waals surface area contributed by atoms with Gasteiger partial charge in [0.2, 0.25) is 0 Å². The van der Waals surface area contributed by atoms with Gasteiger partial charge in [-0.25, -0.2) is 4.79 Å². The Balaban J connectivity index is 1.78. The van der Waals surface area contributed by atoms with Gasteiger partial charge >= 0.3 is 6.09 Å². The summed E-state index contributed by atoms with van der Waals surface area (Å²) >= 11 is 9.73. The van der Waals surface area contributed by atoms with Crippen LogP contribution >= 0.6 is 27.5 Å². The zero-order valence-corrected chi connectivity index (χ0v) is 13.4. The van der Waals surface area contributed by atoms with Crippen LogP contribution in [0.2, 0.25) is 5.02 Å². The molecule has 20 heavy (non-hydrogen) atoms. The van der Waals surface area contributed by atoms with E-state index >= 15 is 0 Å². The molecule has 7 heteroatoms.